The first kappa shape index (κ1) is 23.0. The monoisotopic (exact) mass is 509 g/mol. The molecule has 0 aliphatic carbocycles. The molecular formula is C27H23N7O2S. The molecule has 0 bridgehead atoms. The lowest BCUT2D eigenvalue weighted by Crippen LogP contribution is -2.36. The number of amides is 1. The lowest BCUT2D eigenvalue weighted by atomic mass is 9.91. The van der Waals surface area contributed by atoms with Crippen LogP contribution in [0, 0.1) is 0 Å². The molecule has 0 spiro atoms. The van der Waals surface area contributed by atoms with Gasteiger partial charge in [-0.1, -0.05) is 36.4 Å². The average molecular weight is 510 g/mol. The van der Waals surface area contributed by atoms with E-state index in [4.69, 9.17) is 4.98 Å². The molecule has 37 heavy (non-hydrogen) atoms. The third kappa shape index (κ3) is 4.37. The number of hydrogen-bond donors (Lipinski definition) is 2. The van der Waals surface area contributed by atoms with Gasteiger partial charge in [0, 0.05) is 49.4 Å². The minimum Gasteiger partial charge on any atom is -0.375 e. The number of para-hydroxylation sites is 1. The Bertz CT molecular complexity index is 1580. The molecule has 184 valence electrons. The van der Waals surface area contributed by atoms with Crippen LogP contribution in [0.15, 0.2) is 84.5 Å². The van der Waals surface area contributed by atoms with Crippen molar-refractivity contribution in [2.24, 2.45) is 0 Å². The van der Waals surface area contributed by atoms with Crippen LogP contribution in [0.5, 0.6) is 0 Å². The first-order chi connectivity index (χ1) is 18.0. The van der Waals surface area contributed by atoms with Crippen LogP contribution in [0.2, 0.25) is 0 Å². The van der Waals surface area contributed by atoms with Gasteiger partial charge in [-0.2, -0.15) is 5.10 Å². The number of nitrogens with zero attached hydrogens (tertiary/aromatic N) is 6. The largest absolute Gasteiger partial charge is 0.375 e. The topological polar surface area (TPSA) is 109 Å². The van der Waals surface area contributed by atoms with E-state index in [1.54, 1.807) is 35.0 Å². The van der Waals surface area contributed by atoms with E-state index in [0.717, 1.165) is 16.3 Å². The molecule has 1 aliphatic heterocycles. The highest BCUT2D eigenvalue weighted by molar-refractivity contribution is 7.13. The second kappa shape index (κ2) is 9.23. The van der Waals surface area contributed by atoms with Crippen LogP contribution in [-0.2, 0) is 10.4 Å². The number of thiazole rings is 1. The SMILES string of the molecule is CN1CCC(O)(c2cccc(-c3nc(-c4ccnc(Nc5ccn(-c6ccccc6)n5)n4)cs3)c2)C1=O. The molecule has 1 fully saturated rings. The molecule has 0 saturated carbocycles. The highest BCUT2D eigenvalue weighted by Gasteiger charge is 2.45. The molecule has 6 rings (SSSR count). The lowest BCUT2D eigenvalue weighted by Gasteiger charge is -2.21. The zero-order valence-electron chi connectivity index (χ0n) is 19.9. The van der Waals surface area contributed by atoms with Crippen molar-refractivity contribution in [3.05, 3.63) is 90.1 Å². The minimum absolute atomic E-state index is 0.279. The fourth-order valence-electron chi connectivity index (χ4n) is 4.35. The number of carbonyl (C=O) groups is 1. The van der Waals surface area contributed by atoms with Crippen molar-refractivity contribution in [2.45, 2.75) is 12.0 Å². The molecule has 3 aromatic heterocycles. The summed E-state index contributed by atoms with van der Waals surface area (Å²) in [4.78, 5) is 27.8. The van der Waals surface area contributed by atoms with E-state index >= 15 is 0 Å². The van der Waals surface area contributed by atoms with Gasteiger partial charge in [-0.05, 0) is 29.8 Å². The summed E-state index contributed by atoms with van der Waals surface area (Å²) in [5.74, 6) is 0.763. The van der Waals surface area contributed by atoms with Gasteiger partial charge >= 0.3 is 0 Å². The van der Waals surface area contributed by atoms with Crippen molar-refractivity contribution in [1.82, 2.24) is 29.6 Å². The quantitative estimate of drug-likeness (QED) is 0.352. The summed E-state index contributed by atoms with van der Waals surface area (Å²) in [6, 6.07) is 20.9. The van der Waals surface area contributed by atoms with Crippen LogP contribution in [0.1, 0.15) is 12.0 Å². The minimum atomic E-state index is -1.49. The number of aromatic nitrogens is 5. The number of aliphatic hydroxyl groups is 1. The molecule has 1 amide bonds. The van der Waals surface area contributed by atoms with E-state index in [1.807, 2.05) is 66.2 Å². The Morgan fingerprint density at radius 2 is 1.89 bits per heavy atom. The zero-order valence-corrected chi connectivity index (χ0v) is 20.8. The number of carbonyl (C=O) groups excluding carboxylic acids is 1. The van der Waals surface area contributed by atoms with E-state index in [0.29, 0.717) is 41.7 Å². The Balaban J connectivity index is 1.22. The van der Waals surface area contributed by atoms with Gasteiger partial charge in [0.2, 0.25) is 5.95 Å². The van der Waals surface area contributed by atoms with Crippen molar-refractivity contribution in [3.8, 4) is 27.6 Å². The number of likely N-dealkylation sites (N-methyl/N-ethyl adjacent to an activating group) is 1. The van der Waals surface area contributed by atoms with Gasteiger partial charge in [0.1, 0.15) is 10.7 Å². The number of rotatable bonds is 6. The average Bonchev–Trinajstić information content (AvgIpc) is 3.67. The highest BCUT2D eigenvalue weighted by Crippen LogP contribution is 2.36. The molecule has 10 heteroatoms. The van der Waals surface area contributed by atoms with E-state index in [2.05, 4.69) is 20.4 Å². The van der Waals surface area contributed by atoms with Crippen LogP contribution < -0.4 is 5.32 Å². The van der Waals surface area contributed by atoms with Crippen molar-refractivity contribution in [1.29, 1.82) is 0 Å². The Morgan fingerprint density at radius 3 is 2.70 bits per heavy atom. The van der Waals surface area contributed by atoms with E-state index in [-0.39, 0.29) is 5.91 Å². The summed E-state index contributed by atoms with van der Waals surface area (Å²) in [5.41, 5.74) is 2.26. The van der Waals surface area contributed by atoms with Crippen molar-refractivity contribution < 1.29 is 9.90 Å². The van der Waals surface area contributed by atoms with E-state index < -0.39 is 5.60 Å². The predicted octanol–water partition coefficient (Wildman–Crippen LogP) is 4.25. The van der Waals surface area contributed by atoms with Crippen molar-refractivity contribution in [2.75, 3.05) is 18.9 Å². The van der Waals surface area contributed by atoms with Crippen LogP contribution in [0.4, 0.5) is 11.8 Å². The smallest absolute Gasteiger partial charge is 0.258 e. The van der Waals surface area contributed by atoms with Crippen LogP contribution >= 0.6 is 11.3 Å². The molecule has 0 radical (unpaired) electrons. The number of benzene rings is 2. The molecule has 1 aliphatic rings. The summed E-state index contributed by atoms with van der Waals surface area (Å²) in [5, 5.41) is 21.4. The Kier molecular flexibility index (Phi) is 5.74. The fourth-order valence-corrected chi connectivity index (χ4v) is 5.16. The van der Waals surface area contributed by atoms with Gasteiger partial charge in [-0.15, -0.1) is 11.3 Å². The maximum absolute atomic E-state index is 12.5. The second-order valence-electron chi connectivity index (χ2n) is 8.83. The van der Waals surface area contributed by atoms with Gasteiger partial charge in [0.25, 0.3) is 5.91 Å². The summed E-state index contributed by atoms with van der Waals surface area (Å²) in [6.45, 7) is 0.525. The van der Waals surface area contributed by atoms with Gasteiger partial charge in [-0.25, -0.2) is 19.6 Å². The molecular weight excluding hydrogens is 486 g/mol. The lowest BCUT2D eigenvalue weighted by molar-refractivity contribution is -0.143. The van der Waals surface area contributed by atoms with E-state index in [9.17, 15) is 9.90 Å². The third-order valence-electron chi connectivity index (χ3n) is 6.37. The highest BCUT2D eigenvalue weighted by atomic mass is 32.1. The molecule has 2 N–H and O–H groups in total. The maximum atomic E-state index is 12.5. The first-order valence-electron chi connectivity index (χ1n) is 11.8. The third-order valence-corrected chi connectivity index (χ3v) is 7.26. The Morgan fingerprint density at radius 1 is 1.03 bits per heavy atom. The standard InChI is InChI=1S/C27H23N7O2S/c1-33-15-12-27(36,25(33)35)19-7-5-6-18(16-19)24-29-22(17-37-24)21-10-13-28-26(30-21)31-23-11-14-34(32-23)20-8-3-2-4-9-20/h2-11,13-14,16-17,36H,12,15H2,1H3,(H,28,30,31,32). The van der Waals surface area contributed by atoms with Gasteiger partial charge in [0.05, 0.1) is 11.4 Å². The molecule has 1 unspecified atom stereocenters. The molecule has 1 saturated heterocycles. The van der Waals surface area contributed by atoms with Crippen molar-refractivity contribution in [3.63, 3.8) is 0 Å². The zero-order chi connectivity index (χ0) is 25.4. The fraction of sp³-hybridized carbons (Fsp3) is 0.148. The number of anilines is 2. The number of nitrogens with one attached hydrogen (secondary N) is 1. The summed E-state index contributed by atoms with van der Waals surface area (Å²) in [7, 11) is 1.71. The molecule has 5 aromatic rings. The van der Waals surface area contributed by atoms with Crippen LogP contribution in [0.25, 0.3) is 27.6 Å². The first-order valence-corrected chi connectivity index (χ1v) is 12.6. The molecule has 9 nitrogen and oxygen atoms in total. The molecule has 4 heterocycles. The normalized spacial score (nSPS) is 17.4. The second-order valence-corrected chi connectivity index (χ2v) is 9.69. The number of likely N-dealkylation sites (tertiary alicyclic amines) is 1. The Labute approximate surface area is 217 Å². The molecule has 1 atom stereocenters. The van der Waals surface area contributed by atoms with Crippen LogP contribution in [0.3, 0.4) is 0 Å². The van der Waals surface area contributed by atoms with Gasteiger partial charge in [-0.3, -0.25) is 4.79 Å². The summed E-state index contributed by atoms with van der Waals surface area (Å²) in [6.07, 6.45) is 3.92. The van der Waals surface area contributed by atoms with Gasteiger partial charge in [0.15, 0.2) is 11.4 Å². The van der Waals surface area contributed by atoms with Crippen LogP contribution in [-0.4, -0.2) is 54.2 Å². The summed E-state index contributed by atoms with van der Waals surface area (Å²) >= 11 is 1.48. The Hall–Kier alpha value is -4.41. The van der Waals surface area contributed by atoms with Gasteiger partial charge < -0.3 is 15.3 Å². The van der Waals surface area contributed by atoms with Crippen molar-refractivity contribution >= 4 is 29.0 Å². The molecule has 2 aromatic carbocycles. The maximum Gasteiger partial charge on any atom is 0.258 e. The summed E-state index contributed by atoms with van der Waals surface area (Å²) < 4.78 is 1.78. The number of hydrogen-bond acceptors (Lipinski definition) is 8. The van der Waals surface area contributed by atoms with E-state index in [1.165, 1.54) is 11.3 Å². The predicted molar refractivity (Wildman–Crippen MR) is 142 cm³/mol.